The van der Waals surface area contributed by atoms with Gasteiger partial charge in [0, 0.05) is 13.0 Å². The van der Waals surface area contributed by atoms with Crippen LogP contribution in [0.25, 0.3) is 10.2 Å². The largest absolute Gasteiger partial charge is 0.333 e. The highest BCUT2D eigenvalue weighted by atomic mass is 35.5. The molecule has 7 heteroatoms. The first-order chi connectivity index (χ1) is 11.3. The average molecular weight is 402 g/mol. The van der Waals surface area contributed by atoms with Crippen LogP contribution in [0.1, 0.15) is 43.2 Å². The van der Waals surface area contributed by atoms with Gasteiger partial charge in [0.1, 0.15) is 5.01 Å². The normalized spacial score (nSPS) is 22.6. The first-order valence-electron chi connectivity index (χ1n) is 8.67. The molecule has 25 heavy (non-hydrogen) atoms. The number of nitrogens with zero attached hydrogens (tertiary/aromatic N) is 2. The van der Waals surface area contributed by atoms with E-state index >= 15 is 0 Å². The van der Waals surface area contributed by atoms with Crippen LogP contribution >= 0.6 is 36.2 Å². The molecular formula is C18H25Cl2N3OS. The minimum atomic E-state index is 0. The number of hydrogen-bond acceptors (Lipinski definition) is 4. The van der Waals surface area contributed by atoms with Crippen molar-refractivity contribution in [1.29, 1.82) is 0 Å². The number of benzene rings is 1. The first kappa shape index (κ1) is 20.4. The van der Waals surface area contributed by atoms with Crippen molar-refractivity contribution in [3.8, 4) is 0 Å². The number of rotatable bonds is 4. The van der Waals surface area contributed by atoms with E-state index in [1.54, 1.807) is 11.3 Å². The fraction of sp³-hybridized carbons (Fsp3) is 0.556. The molecule has 2 saturated heterocycles. The Morgan fingerprint density at radius 1 is 1.28 bits per heavy atom. The minimum Gasteiger partial charge on any atom is -0.333 e. The van der Waals surface area contributed by atoms with E-state index in [4.69, 9.17) is 4.98 Å². The van der Waals surface area contributed by atoms with Crippen molar-refractivity contribution in [2.75, 3.05) is 19.6 Å². The van der Waals surface area contributed by atoms with Gasteiger partial charge in [-0.1, -0.05) is 12.1 Å². The third kappa shape index (κ3) is 4.45. The van der Waals surface area contributed by atoms with Crippen LogP contribution in [0, 0.1) is 5.92 Å². The molecular weight excluding hydrogens is 377 g/mol. The van der Waals surface area contributed by atoms with Crippen LogP contribution in [0.3, 0.4) is 0 Å². The summed E-state index contributed by atoms with van der Waals surface area (Å²) < 4.78 is 1.22. The number of para-hydroxylation sites is 1. The number of amides is 1. The number of nitrogens with one attached hydrogen (secondary N) is 1. The van der Waals surface area contributed by atoms with Crippen LogP contribution < -0.4 is 5.32 Å². The maximum Gasteiger partial charge on any atom is 0.223 e. The molecule has 0 spiro atoms. The lowest BCUT2D eigenvalue weighted by Gasteiger charge is -2.23. The predicted molar refractivity (Wildman–Crippen MR) is 108 cm³/mol. The van der Waals surface area contributed by atoms with Gasteiger partial charge in [0.15, 0.2) is 0 Å². The Morgan fingerprint density at radius 2 is 2.12 bits per heavy atom. The molecule has 2 unspecified atom stereocenters. The van der Waals surface area contributed by atoms with Crippen molar-refractivity contribution in [3.63, 3.8) is 0 Å². The molecule has 0 aliphatic carbocycles. The molecule has 1 aromatic carbocycles. The van der Waals surface area contributed by atoms with E-state index in [0.29, 0.717) is 18.2 Å². The van der Waals surface area contributed by atoms with Gasteiger partial charge in [0.05, 0.1) is 16.3 Å². The minimum absolute atomic E-state index is 0. The number of likely N-dealkylation sites (tertiary alicyclic amines) is 1. The lowest BCUT2D eigenvalue weighted by Crippen LogP contribution is -2.30. The van der Waals surface area contributed by atoms with Crippen LogP contribution in [0.2, 0.25) is 0 Å². The average Bonchev–Trinajstić information content (AvgIpc) is 3.31. The molecule has 138 valence electrons. The second kappa shape index (κ2) is 9.17. The van der Waals surface area contributed by atoms with E-state index in [-0.39, 0.29) is 30.9 Å². The molecule has 1 aromatic heterocycles. The summed E-state index contributed by atoms with van der Waals surface area (Å²) in [7, 11) is 0. The lowest BCUT2D eigenvalue weighted by molar-refractivity contribution is -0.132. The second-order valence-electron chi connectivity index (χ2n) is 6.66. The van der Waals surface area contributed by atoms with Crippen LogP contribution in [-0.2, 0) is 4.79 Å². The monoisotopic (exact) mass is 401 g/mol. The summed E-state index contributed by atoms with van der Waals surface area (Å²) in [6.45, 7) is 3.08. The van der Waals surface area contributed by atoms with Crippen molar-refractivity contribution in [2.24, 2.45) is 5.92 Å². The van der Waals surface area contributed by atoms with Gasteiger partial charge in [-0.05, 0) is 56.8 Å². The van der Waals surface area contributed by atoms with Gasteiger partial charge in [-0.3, -0.25) is 4.79 Å². The Labute approximate surface area is 165 Å². The van der Waals surface area contributed by atoms with E-state index in [1.807, 2.05) is 6.07 Å². The van der Waals surface area contributed by atoms with Gasteiger partial charge in [0.2, 0.25) is 5.91 Å². The molecule has 4 rings (SSSR count). The van der Waals surface area contributed by atoms with Crippen LogP contribution in [0.15, 0.2) is 24.3 Å². The summed E-state index contributed by atoms with van der Waals surface area (Å²) in [5, 5.41) is 4.49. The fourth-order valence-electron chi connectivity index (χ4n) is 3.79. The summed E-state index contributed by atoms with van der Waals surface area (Å²) in [5.41, 5.74) is 1.06. The SMILES string of the molecule is Cl.Cl.O=C(CCC1CCNC1)N1CCCC1c1nc2ccccc2s1. The summed E-state index contributed by atoms with van der Waals surface area (Å²) in [5.74, 6) is 1.00. The van der Waals surface area contributed by atoms with Gasteiger partial charge >= 0.3 is 0 Å². The van der Waals surface area contributed by atoms with Crippen LogP contribution in [0.5, 0.6) is 0 Å². The summed E-state index contributed by atoms with van der Waals surface area (Å²) in [4.78, 5) is 19.5. The number of thiazole rings is 1. The number of carbonyl (C=O) groups excluding carboxylic acids is 1. The Morgan fingerprint density at radius 3 is 2.88 bits per heavy atom. The van der Waals surface area contributed by atoms with Gasteiger partial charge in [-0.15, -0.1) is 36.2 Å². The number of aromatic nitrogens is 1. The Bertz CT molecular complexity index is 669. The topological polar surface area (TPSA) is 45.2 Å². The zero-order chi connectivity index (χ0) is 15.6. The van der Waals surface area contributed by atoms with Crippen molar-refractivity contribution >= 4 is 52.3 Å². The highest BCUT2D eigenvalue weighted by Gasteiger charge is 2.32. The third-order valence-corrected chi connectivity index (χ3v) is 6.24. The van der Waals surface area contributed by atoms with Gasteiger partial charge < -0.3 is 10.2 Å². The molecule has 0 saturated carbocycles. The standard InChI is InChI=1S/C18H23N3OS.2ClH/c22-17(8-7-13-9-10-19-12-13)21-11-3-5-15(21)18-20-14-4-1-2-6-16(14)23-18;;/h1-2,4,6,13,15,19H,3,5,7-12H2;2*1H. The molecule has 2 fully saturated rings. The molecule has 1 N–H and O–H groups in total. The molecule has 2 aliphatic heterocycles. The van der Waals surface area contributed by atoms with Gasteiger partial charge in [-0.25, -0.2) is 4.98 Å². The Kier molecular flexibility index (Phi) is 7.50. The van der Waals surface area contributed by atoms with Crippen LogP contribution in [-0.4, -0.2) is 35.4 Å². The van der Waals surface area contributed by atoms with Gasteiger partial charge in [-0.2, -0.15) is 0 Å². The lowest BCUT2D eigenvalue weighted by atomic mass is 10.0. The number of carbonyl (C=O) groups is 1. The highest BCUT2D eigenvalue weighted by Crippen LogP contribution is 2.37. The molecule has 1 amide bonds. The first-order valence-corrected chi connectivity index (χ1v) is 9.48. The maximum absolute atomic E-state index is 12.7. The number of fused-ring (bicyclic) bond motifs is 1. The molecule has 3 heterocycles. The molecule has 2 aromatic rings. The van der Waals surface area contributed by atoms with E-state index < -0.39 is 0 Å². The van der Waals surface area contributed by atoms with Crippen molar-refractivity contribution in [3.05, 3.63) is 29.3 Å². The smallest absolute Gasteiger partial charge is 0.223 e. The predicted octanol–water partition coefficient (Wildman–Crippen LogP) is 4.19. The zero-order valence-corrected chi connectivity index (χ0v) is 16.6. The van der Waals surface area contributed by atoms with E-state index in [0.717, 1.165) is 49.4 Å². The number of hydrogen-bond donors (Lipinski definition) is 1. The molecule has 4 nitrogen and oxygen atoms in total. The summed E-state index contributed by atoms with van der Waals surface area (Å²) in [6, 6.07) is 8.45. The van der Waals surface area contributed by atoms with Crippen LogP contribution in [0.4, 0.5) is 0 Å². The fourth-order valence-corrected chi connectivity index (χ4v) is 4.90. The molecule has 0 radical (unpaired) electrons. The van der Waals surface area contributed by atoms with Crippen molar-refractivity contribution < 1.29 is 4.79 Å². The summed E-state index contributed by atoms with van der Waals surface area (Å²) in [6.07, 6.45) is 5.07. The summed E-state index contributed by atoms with van der Waals surface area (Å²) >= 11 is 1.74. The molecule has 2 atom stereocenters. The van der Waals surface area contributed by atoms with E-state index in [1.165, 1.54) is 11.1 Å². The number of halogens is 2. The van der Waals surface area contributed by atoms with E-state index in [9.17, 15) is 4.79 Å². The Hall–Kier alpha value is -0.880. The third-order valence-electron chi connectivity index (χ3n) is 5.10. The van der Waals surface area contributed by atoms with Crippen molar-refractivity contribution in [1.82, 2.24) is 15.2 Å². The van der Waals surface area contributed by atoms with E-state index in [2.05, 4.69) is 28.4 Å². The second-order valence-corrected chi connectivity index (χ2v) is 7.72. The molecule has 0 bridgehead atoms. The quantitative estimate of drug-likeness (QED) is 0.834. The molecule has 2 aliphatic rings. The Balaban J connectivity index is 0.00000113. The maximum atomic E-state index is 12.7. The van der Waals surface area contributed by atoms with Crippen molar-refractivity contribution in [2.45, 2.75) is 38.1 Å². The highest BCUT2D eigenvalue weighted by molar-refractivity contribution is 7.18. The van der Waals surface area contributed by atoms with Gasteiger partial charge in [0.25, 0.3) is 0 Å². The zero-order valence-electron chi connectivity index (χ0n) is 14.1.